The molecule has 2 heterocycles. The molecule has 0 aliphatic rings. The van der Waals surface area contributed by atoms with Gasteiger partial charge in [-0.2, -0.15) is 10.2 Å². The first kappa shape index (κ1) is 22.4. The maximum atomic E-state index is 12.3. The molecule has 0 aromatic carbocycles. The summed E-state index contributed by atoms with van der Waals surface area (Å²) in [7, 11) is 0. The lowest BCUT2D eigenvalue weighted by Crippen LogP contribution is -2.07. The Balaban J connectivity index is 2.07. The van der Waals surface area contributed by atoms with E-state index in [4.69, 9.17) is 9.26 Å². The monoisotopic (exact) mass is 398 g/mol. The van der Waals surface area contributed by atoms with Crippen LogP contribution in [0.4, 0.5) is 0 Å². The highest BCUT2D eigenvalue weighted by Crippen LogP contribution is 2.20. The largest absolute Gasteiger partial charge is 0.451 e. The standard InChI is InChI=1S/C22H30N4O3/c1-14(2)7-8-26-16(5)10-18(17(26)6)11-19(12-23)22(27)28-13-21-24-20(25-29-21)9-15(3)4/h10-11,14-15H,7-9,13H2,1-6H3/b19-11+. The van der Waals surface area contributed by atoms with Gasteiger partial charge in [0.2, 0.25) is 0 Å². The summed E-state index contributed by atoms with van der Waals surface area (Å²) in [5.41, 5.74) is 2.91. The van der Waals surface area contributed by atoms with Crippen LogP contribution in [0.3, 0.4) is 0 Å². The number of nitriles is 1. The van der Waals surface area contributed by atoms with Crippen molar-refractivity contribution >= 4 is 12.0 Å². The van der Waals surface area contributed by atoms with Crippen LogP contribution in [0.15, 0.2) is 16.2 Å². The molecule has 0 unspecified atom stereocenters. The summed E-state index contributed by atoms with van der Waals surface area (Å²) in [6, 6.07) is 3.92. The fourth-order valence-corrected chi connectivity index (χ4v) is 3.00. The molecule has 0 aliphatic heterocycles. The predicted molar refractivity (Wildman–Crippen MR) is 110 cm³/mol. The van der Waals surface area contributed by atoms with Gasteiger partial charge in [-0.3, -0.25) is 0 Å². The van der Waals surface area contributed by atoms with Gasteiger partial charge >= 0.3 is 5.97 Å². The van der Waals surface area contributed by atoms with Crippen molar-refractivity contribution < 1.29 is 14.1 Å². The Hall–Kier alpha value is -2.88. The van der Waals surface area contributed by atoms with Crippen LogP contribution in [0.25, 0.3) is 6.08 Å². The number of carbonyl (C=O) groups is 1. The molecule has 2 aromatic heterocycles. The molecule has 2 aromatic rings. The Morgan fingerprint density at radius 1 is 1.31 bits per heavy atom. The number of aromatic nitrogens is 3. The first-order valence-electron chi connectivity index (χ1n) is 9.98. The van der Waals surface area contributed by atoms with Crippen molar-refractivity contribution in [1.82, 2.24) is 14.7 Å². The third-order valence-electron chi connectivity index (χ3n) is 4.61. The van der Waals surface area contributed by atoms with Crippen molar-refractivity contribution in [3.05, 3.63) is 40.3 Å². The molecule has 0 fully saturated rings. The van der Waals surface area contributed by atoms with E-state index in [1.54, 1.807) is 6.08 Å². The van der Waals surface area contributed by atoms with E-state index in [2.05, 4.69) is 42.4 Å². The Morgan fingerprint density at radius 3 is 2.66 bits per heavy atom. The second-order valence-electron chi connectivity index (χ2n) is 8.11. The average molecular weight is 399 g/mol. The molecule has 0 spiro atoms. The molecule has 0 atom stereocenters. The minimum atomic E-state index is -0.705. The van der Waals surface area contributed by atoms with E-state index in [0.29, 0.717) is 24.1 Å². The lowest BCUT2D eigenvalue weighted by Gasteiger charge is -2.11. The summed E-state index contributed by atoms with van der Waals surface area (Å²) in [6.07, 6.45) is 3.33. The van der Waals surface area contributed by atoms with Crippen LogP contribution in [0.1, 0.15) is 62.8 Å². The van der Waals surface area contributed by atoms with Gasteiger partial charge in [-0.05, 0) is 49.8 Å². The fraction of sp³-hybridized carbons (Fsp3) is 0.545. The van der Waals surface area contributed by atoms with E-state index in [9.17, 15) is 10.1 Å². The molecule has 0 bridgehead atoms. The Kier molecular flexibility index (Phi) is 7.77. The number of rotatable bonds is 9. The van der Waals surface area contributed by atoms with E-state index in [-0.39, 0.29) is 18.1 Å². The summed E-state index contributed by atoms with van der Waals surface area (Å²) in [5.74, 6) is 1.10. The third-order valence-corrected chi connectivity index (χ3v) is 4.61. The van der Waals surface area contributed by atoms with Crippen LogP contribution in [0.2, 0.25) is 0 Å². The van der Waals surface area contributed by atoms with E-state index >= 15 is 0 Å². The van der Waals surface area contributed by atoms with E-state index in [0.717, 1.165) is 29.9 Å². The molecule has 7 heteroatoms. The van der Waals surface area contributed by atoms with Gasteiger partial charge in [0.15, 0.2) is 12.4 Å². The van der Waals surface area contributed by atoms with Gasteiger partial charge in [0.05, 0.1) is 0 Å². The van der Waals surface area contributed by atoms with Gasteiger partial charge < -0.3 is 13.8 Å². The zero-order valence-corrected chi connectivity index (χ0v) is 18.2. The summed E-state index contributed by atoms with van der Waals surface area (Å²) < 4.78 is 12.5. The molecule has 0 saturated carbocycles. The van der Waals surface area contributed by atoms with Crippen molar-refractivity contribution in [3.8, 4) is 6.07 Å². The van der Waals surface area contributed by atoms with Crippen LogP contribution >= 0.6 is 0 Å². The molecule has 0 radical (unpaired) electrons. The normalized spacial score (nSPS) is 11.9. The lowest BCUT2D eigenvalue weighted by atomic mass is 10.1. The number of carbonyl (C=O) groups excluding carboxylic acids is 1. The number of hydrogen-bond donors (Lipinski definition) is 0. The molecular weight excluding hydrogens is 368 g/mol. The first-order valence-corrected chi connectivity index (χ1v) is 9.98. The maximum Gasteiger partial charge on any atom is 0.349 e. The zero-order chi connectivity index (χ0) is 21.6. The number of ether oxygens (including phenoxy) is 1. The molecule has 2 rings (SSSR count). The van der Waals surface area contributed by atoms with Crippen molar-refractivity contribution in [2.45, 2.75) is 67.5 Å². The molecule has 29 heavy (non-hydrogen) atoms. The highest BCUT2D eigenvalue weighted by atomic mass is 16.6. The van der Waals surface area contributed by atoms with Crippen molar-refractivity contribution in [1.29, 1.82) is 5.26 Å². The highest BCUT2D eigenvalue weighted by Gasteiger charge is 2.16. The smallest absolute Gasteiger partial charge is 0.349 e. The fourth-order valence-electron chi connectivity index (χ4n) is 3.00. The summed E-state index contributed by atoms with van der Waals surface area (Å²) in [5, 5.41) is 13.3. The molecule has 7 nitrogen and oxygen atoms in total. The molecule has 0 aliphatic carbocycles. The molecular formula is C22H30N4O3. The van der Waals surface area contributed by atoms with E-state index < -0.39 is 5.97 Å². The summed E-state index contributed by atoms with van der Waals surface area (Å²) in [4.78, 5) is 16.5. The second kappa shape index (κ2) is 10.1. The predicted octanol–water partition coefficient (Wildman–Crippen LogP) is 4.38. The van der Waals surface area contributed by atoms with E-state index in [1.807, 2.05) is 26.0 Å². The SMILES string of the molecule is Cc1cc(/C=C(\C#N)C(=O)OCc2nc(CC(C)C)no2)c(C)n1CCC(C)C. The Labute approximate surface area is 172 Å². The minimum Gasteiger partial charge on any atom is -0.451 e. The summed E-state index contributed by atoms with van der Waals surface area (Å²) >= 11 is 0. The van der Waals surface area contributed by atoms with Crippen molar-refractivity contribution in [2.24, 2.45) is 11.8 Å². The van der Waals surface area contributed by atoms with Crippen LogP contribution in [-0.2, 0) is 29.1 Å². The van der Waals surface area contributed by atoms with Gasteiger partial charge in [0.25, 0.3) is 5.89 Å². The third kappa shape index (κ3) is 6.31. The van der Waals surface area contributed by atoms with Gasteiger partial charge in [-0.15, -0.1) is 0 Å². The van der Waals surface area contributed by atoms with Gasteiger partial charge in [-0.25, -0.2) is 4.79 Å². The van der Waals surface area contributed by atoms with Crippen LogP contribution in [0, 0.1) is 37.0 Å². The first-order chi connectivity index (χ1) is 13.7. The van der Waals surface area contributed by atoms with E-state index in [1.165, 1.54) is 0 Å². The topological polar surface area (TPSA) is 93.9 Å². The number of aryl methyl sites for hydroxylation is 1. The molecule has 0 amide bonds. The average Bonchev–Trinajstić information content (AvgIpc) is 3.19. The summed E-state index contributed by atoms with van der Waals surface area (Å²) in [6.45, 7) is 13.3. The molecule has 0 N–H and O–H groups in total. The lowest BCUT2D eigenvalue weighted by molar-refractivity contribution is -0.140. The number of hydrogen-bond acceptors (Lipinski definition) is 6. The van der Waals surface area contributed by atoms with Crippen molar-refractivity contribution in [3.63, 3.8) is 0 Å². The number of nitrogens with zero attached hydrogens (tertiary/aromatic N) is 4. The Morgan fingerprint density at radius 2 is 2.03 bits per heavy atom. The quantitative estimate of drug-likeness (QED) is 0.353. The second-order valence-corrected chi connectivity index (χ2v) is 8.11. The molecule has 156 valence electrons. The van der Waals surface area contributed by atoms with Crippen LogP contribution in [-0.4, -0.2) is 20.7 Å². The van der Waals surface area contributed by atoms with Gasteiger partial charge in [0.1, 0.15) is 11.6 Å². The zero-order valence-electron chi connectivity index (χ0n) is 18.2. The van der Waals surface area contributed by atoms with Crippen LogP contribution in [0.5, 0.6) is 0 Å². The molecule has 0 saturated heterocycles. The highest BCUT2D eigenvalue weighted by molar-refractivity contribution is 5.98. The van der Waals surface area contributed by atoms with Crippen molar-refractivity contribution in [2.75, 3.05) is 0 Å². The van der Waals surface area contributed by atoms with Gasteiger partial charge in [-0.1, -0.05) is 32.9 Å². The number of esters is 1. The van der Waals surface area contributed by atoms with Crippen LogP contribution < -0.4 is 0 Å². The van der Waals surface area contributed by atoms with Gasteiger partial charge in [0, 0.05) is 24.4 Å². The minimum absolute atomic E-state index is 0.0592. The Bertz CT molecular complexity index is 913. The maximum absolute atomic E-state index is 12.3.